The summed E-state index contributed by atoms with van der Waals surface area (Å²) in [5, 5.41) is 10.8. The van der Waals surface area contributed by atoms with Crippen LogP contribution in [0.1, 0.15) is 12.5 Å². The number of carbonyl (C=O) groups is 1. The van der Waals surface area contributed by atoms with E-state index in [2.05, 4.69) is 10.3 Å². The topological polar surface area (TPSA) is 80.7 Å². The molecule has 0 bridgehead atoms. The van der Waals surface area contributed by atoms with Gasteiger partial charge in [0.1, 0.15) is 5.82 Å². The predicted octanol–water partition coefficient (Wildman–Crippen LogP) is 1.39. The first-order valence-corrected chi connectivity index (χ1v) is 4.84. The molecule has 2 heterocycles. The maximum absolute atomic E-state index is 10.5. The Morgan fingerprint density at radius 3 is 2.88 bits per heavy atom. The largest absolute Gasteiger partial charge is 0.465 e. The maximum atomic E-state index is 10.5. The van der Waals surface area contributed by atoms with Crippen LogP contribution in [-0.2, 0) is 15.3 Å². The van der Waals surface area contributed by atoms with Gasteiger partial charge in [-0.2, -0.15) is 0 Å². The molecule has 1 aromatic heterocycles. The fraction of sp³-hybridized carbons (Fsp3) is 0.400. The first kappa shape index (κ1) is 10.8. The van der Waals surface area contributed by atoms with E-state index in [1.165, 1.54) is 6.20 Å². The highest BCUT2D eigenvalue weighted by molar-refractivity contribution is 5.81. The number of amides is 1. The zero-order valence-corrected chi connectivity index (χ0v) is 8.77. The lowest BCUT2D eigenvalue weighted by atomic mass is 10.1. The minimum absolute atomic E-state index is 0.255. The van der Waals surface area contributed by atoms with E-state index in [4.69, 9.17) is 14.6 Å². The molecule has 0 radical (unpaired) electrons. The van der Waals surface area contributed by atoms with Crippen LogP contribution in [-0.4, -0.2) is 29.4 Å². The molecule has 0 spiro atoms. The van der Waals surface area contributed by atoms with Crippen molar-refractivity contribution in [1.29, 1.82) is 0 Å². The second-order valence-corrected chi connectivity index (χ2v) is 3.50. The van der Waals surface area contributed by atoms with Crippen molar-refractivity contribution in [3.05, 3.63) is 23.9 Å². The third-order valence-electron chi connectivity index (χ3n) is 2.36. The summed E-state index contributed by atoms with van der Waals surface area (Å²) >= 11 is 0. The van der Waals surface area contributed by atoms with Gasteiger partial charge in [-0.25, -0.2) is 9.78 Å². The van der Waals surface area contributed by atoms with Crippen LogP contribution in [0.3, 0.4) is 0 Å². The summed E-state index contributed by atoms with van der Waals surface area (Å²) in [4.78, 5) is 14.3. The molecule has 1 aliphatic rings. The molecule has 1 aliphatic heterocycles. The SMILES string of the molecule is CC1(c2ccnc(NC(=O)O)c2)OCCO1. The summed E-state index contributed by atoms with van der Waals surface area (Å²) in [5.74, 6) is -0.553. The fourth-order valence-corrected chi connectivity index (χ4v) is 1.57. The molecule has 16 heavy (non-hydrogen) atoms. The van der Waals surface area contributed by atoms with E-state index >= 15 is 0 Å². The van der Waals surface area contributed by atoms with Crippen LogP contribution in [0.5, 0.6) is 0 Å². The quantitative estimate of drug-likeness (QED) is 0.793. The van der Waals surface area contributed by atoms with Gasteiger partial charge in [0.25, 0.3) is 0 Å². The molecular weight excluding hydrogens is 212 g/mol. The zero-order valence-electron chi connectivity index (χ0n) is 8.77. The van der Waals surface area contributed by atoms with E-state index in [0.717, 1.165) is 5.56 Å². The Morgan fingerprint density at radius 2 is 2.25 bits per heavy atom. The fourth-order valence-electron chi connectivity index (χ4n) is 1.57. The number of nitrogens with one attached hydrogen (secondary N) is 1. The van der Waals surface area contributed by atoms with Crippen LogP contribution in [0, 0.1) is 0 Å². The monoisotopic (exact) mass is 224 g/mol. The Morgan fingerprint density at radius 1 is 1.56 bits per heavy atom. The Balaban J connectivity index is 2.24. The van der Waals surface area contributed by atoms with Crippen molar-refractivity contribution in [2.75, 3.05) is 18.5 Å². The number of rotatable bonds is 2. The third kappa shape index (κ3) is 2.12. The average Bonchev–Trinajstić information content (AvgIpc) is 2.66. The summed E-state index contributed by atoms with van der Waals surface area (Å²) in [6.45, 7) is 2.85. The van der Waals surface area contributed by atoms with Crippen molar-refractivity contribution in [2.45, 2.75) is 12.7 Å². The smallest absolute Gasteiger partial charge is 0.410 e. The molecule has 0 aliphatic carbocycles. The van der Waals surface area contributed by atoms with Gasteiger partial charge in [-0.1, -0.05) is 0 Å². The van der Waals surface area contributed by atoms with E-state index in [0.29, 0.717) is 13.2 Å². The number of carboxylic acid groups (broad SMARTS) is 1. The van der Waals surface area contributed by atoms with Gasteiger partial charge in [0.05, 0.1) is 13.2 Å². The number of aromatic nitrogens is 1. The Kier molecular flexibility index (Phi) is 2.76. The lowest BCUT2D eigenvalue weighted by Crippen LogP contribution is -2.22. The van der Waals surface area contributed by atoms with E-state index < -0.39 is 11.9 Å². The number of hydrogen-bond donors (Lipinski definition) is 2. The van der Waals surface area contributed by atoms with Gasteiger partial charge in [-0.15, -0.1) is 0 Å². The van der Waals surface area contributed by atoms with Gasteiger partial charge in [-0.3, -0.25) is 5.32 Å². The van der Waals surface area contributed by atoms with Crippen LogP contribution < -0.4 is 5.32 Å². The Bertz CT molecular complexity index is 402. The van der Waals surface area contributed by atoms with Crippen molar-refractivity contribution in [3.8, 4) is 0 Å². The van der Waals surface area contributed by atoms with E-state index in [-0.39, 0.29) is 5.82 Å². The van der Waals surface area contributed by atoms with Crippen LogP contribution in [0.2, 0.25) is 0 Å². The zero-order chi connectivity index (χ0) is 11.6. The molecule has 1 amide bonds. The normalized spacial score (nSPS) is 18.3. The first-order chi connectivity index (χ1) is 7.60. The predicted molar refractivity (Wildman–Crippen MR) is 55.1 cm³/mol. The van der Waals surface area contributed by atoms with E-state index in [9.17, 15) is 4.79 Å². The van der Waals surface area contributed by atoms with Gasteiger partial charge in [0.15, 0.2) is 5.79 Å². The van der Waals surface area contributed by atoms with E-state index in [1.807, 2.05) is 0 Å². The third-order valence-corrected chi connectivity index (χ3v) is 2.36. The second-order valence-electron chi connectivity index (χ2n) is 3.50. The Hall–Kier alpha value is -1.66. The Labute approximate surface area is 92.2 Å². The molecule has 0 aromatic carbocycles. The van der Waals surface area contributed by atoms with Gasteiger partial charge in [-0.05, 0) is 19.1 Å². The highest BCUT2D eigenvalue weighted by Gasteiger charge is 2.33. The molecule has 1 saturated heterocycles. The number of ether oxygens (including phenoxy) is 2. The molecule has 1 fully saturated rings. The first-order valence-electron chi connectivity index (χ1n) is 4.84. The molecule has 0 saturated carbocycles. The van der Waals surface area contributed by atoms with Gasteiger partial charge >= 0.3 is 6.09 Å². The molecule has 1 aromatic rings. The summed E-state index contributed by atoms with van der Waals surface area (Å²) in [6, 6.07) is 3.33. The van der Waals surface area contributed by atoms with Crippen LogP contribution in [0.4, 0.5) is 10.6 Å². The molecule has 0 atom stereocenters. The van der Waals surface area contributed by atoms with Crippen LogP contribution >= 0.6 is 0 Å². The lowest BCUT2D eigenvalue weighted by molar-refractivity contribution is -0.149. The van der Waals surface area contributed by atoms with Gasteiger partial charge < -0.3 is 14.6 Å². The average molecular weight is 224 g/mol. The highest BCUT2D eigenvalue weighted by Crippen LogP contribution is 2.31. The van der Waals surface area contributed by atoms with Crippen molar-refractivity contribution >= 4 is 11.9 Å². The van der Waals surface area contributed by atoms with Gasteiger partial charge in [0, 0.05) is 11.8 Å². The molecular formula is C10H12N2O4. The molecule has 2 rings (SSSR count). The minimum Gasteiger partial charge on any atom is -0.465 e. The molecule has 0 unspecified atom stereocenters. The second kappa shape index (κ2) is 4.07. The molecule has 6 heteroatoms. The summed E-state index contributed by atoms with van der Waals surface area (Å²) in [7, 11) is 0. The van der Waals surface area contributed by atoms with Crippen LogP contribution in [0.15, 0.2) is 18.3 Å². The number of anilines is 1. The highest BCUT2D eigenvalue weighted by atomic mass is 16.7. The minimum atomic E-state index is -1.15. The number of hydrogen-bond acceptors (Lipinski definition) is 4. The number of nitrogens with zero attached hydrogens (tertiary/aromatic N) is 1. The summed E-state index contributed by atoms with van der Waals surface area (Å²) < 4.78 is 10.9. The van der Waals surface area contributed by atoms with Crippen molar-refractivity contribution in [1.82, 2.24) is 4.98 Å². The standard InChI is InChI=1S/C10H12N2O4/c1-10(15-4-5-16-10)7-2-3-11-8(6-7)12-9(13)14/h2-3,6H,4-5H2,1H3,(H,11,12)(H,13,14). The van der Waals surface area contributed by atoms with Crippen molar-refractivity contribution in [3.63, 3.8) is 0 Å². The van der Waals surface area contributed by atoms with Crippen molar-refractivity contribution < 1.29 is 19.4 Å². The van der Waals surface area contributed by atoms with Crippen LogP contribution in [0.25, 0.3) is 0 Å². The van der Waals surface area contributed by atoms with E-state index in [1.54, 1.807) is 19.1 Å². The van der Waals surface area contributed by atoms with Crippen molar-refractivity contribution in [2.24, 2.45) is 0 Å². The summed E-state index contributed by atoms with van der Waals surface area (Å²) in [5.41, 5.74) is 0.740. The molecule has 6 nitrogen and oxygen atoms in total. The maximum Gasteiger partial charge on any atom is 0.410 e. The molecule has 2 N–H and O–H groups in total. The summed E-state index contributed by atoms with van der Waals surface area (Å²) in [6.07, 6.45) is 0.361. The number of pyridine rings is 1. The molecule has 86 valence electrons. The lowest BCUT2D eigenvalue weighted by Gasteiger charge is -2.22. The van der Waals surface area contributed by atoms with Gasteiger partial charge in [0.2, 0.25) is 0 Å².